The maximum Gasteiger partial charge on any atom is 0.274 e. The summed E-state index contributed by atoms with van der Waals surface area (Å²) in [5.74, 6) is 0.193. The lowest BCUT2D eigenvalue weighted by Gasteiger charge is -2.10. The molecule has 29 heavy (non-hydrogen) atoms. The van der Waals surface area contributed by atoms with E-state index in [0.29, 0.717) is 37.4 Å². The molecule has 0 bridgehead atoms. The topological polar surface area (TPSA) is 115 Å². The van der Waals surface area contributed by atoms with Gasteiger partial charge in [-0.05, 0) is 45.2 Å². The second-order valence-electron chi connectivity index (χ2n) is 7.48. The Hall–Kier alpha value is -3.07. The zero-order valence-corrected chi connectivity index (χ0v) is 16.8. The SMILES string of the molecule is CCOc1ncnc(Cn2nc(C(=O)NCC3(O)CC3)c3ncc(C)cc32)c1C. The van der Waals surface area contributed by atoms with Gasteiger partial charge in [-0.1, -0.05) is 0 Å². The summed E-state index contributed by atoms with van der Waals surface area (Å²) in [6, 6.07) is 1.94. The Bertz CT molecular complexity index is 1070. The van der Waals surface area contributed by atoms with E-state index < -0.39 is 5.60 Å². The molecule has 1 saturated carbocycles. The number of carbonyl (C=O) groups is 1. The van der Waals surface area contributed by atoms with Crippen molar-refractivity contribution in [2.75, 3.05) is 13.2 Å². The molecule has 1 fully saturated rings. The number of ether oxygens (including phenoxy) is 1. The van der Waals surface area contributed by atoms with Crippen molar-refractivity contribution in [1.29, 1.82) is 0 Å². The average molecular weight is 396 g/mol. The number of pyridine rings is 1. The van der Waals surface area contributed by atoms with E-state index in [9.17, 15) is 9.90 Å². The first-order valence-electron chi connectivity index (χ1n) is 9.67. The van der Waals surface area contributed by atoms with E-state index >= 15 is 0 Å². The van der Waals surface area contributed by atoms with Gasteiger partial charge in [0.15, 0.2) is 5.69 Å². The molecule has 0 radical (unpaired) electrons. The summed E-state index contributed by atoms with van der Waals surface area (Å²) in [6.07, 6.45) is 4.58. The number of nitrogens with one attached hydrogen (secondary N) is 1. The van der Waals surface area contributed by atoms with Crippen LogP contribution in [0.2, 0.25) is 0 Å². The highest BCUT2D eigenvalue weighted by molar-refractivity contribution is 6.03. The summed E-state index contributed by atoms with van der Waals surface area (Å²) < 4.78 is 7.28. The van der Waals surface area contributed by atoms with Crippen molar-refractivity contribution in [3.63, 3.8) is 0 Å². The molecular weight excluding hydrogens is 372 g/mol. The third kappa shape index (κ3) is 3.91. The van der Waals surface area contributed by atoms with Crippen LogP contribution in [0, 0.1) is 13.8 Å². The molecule has 0 atom stereocenters. The largest absolute Gasteiger partial charge is 0.478 e. The molecule has 0 saturated heterocycles. The molecule has 0 unspecified atom stereocenters. The Morgan fingerprint density at radius 2 is 2.10 bits per heavy atom. The number of aromatic nitrogens is 5. The van der Waals surface area contributed by atoms with Crippen LogP contribution in [-0.2, 0) is 6.54 Å². The predicted molar refractivity (Wildman–Crippen MR) is 106 cm³/mol. The van der Waals surface area contributed by atoms with Crippen molar-refractivity contribution in [2.24, 2.45) is 0 Å². The standard InChI is InChI=1S/C20H24N6O3/c1-4-29-19-13(3)14(23-11-24-19)9-26-15-7-12(2)8-21-16(15)17(25-26)18(27)22-10-20(28)5-6-20/h7-8,11,28H,4-6,9-10H2,1-3H3,(H,22,27). The molecule has 3 aromatic heterocycles. The van der Waals surface area contributed by atoms with Gasteiger partial charge in [0, 0.05) is 18.3 Å². The minimum Gasteiger partial charge on any atom is -0.478 e. The maximum atomic E-state index is 12.7. The van der Waals surface area contributed by atoms with Crippen molar-refractivity contribution in [2.45, 2.75) is 45.8 Å². The summed E-state index contributed by atoms with van der Waals surface area (Å²) in [4.78, 5) is 25.7. The molecule has 1 aliphatic rings. The van der Waals surface area contributed by atoms with Gasteiger partial charge < -0.3 is 15.2 Å². The van der Waals surface area contributed by atoms with Gasteiger partial charge in [-0.25, -0.2) is 9.97 Å². The van der Waals surface area contributed by atoms with Crippen LogP contribution in [0.15, 0.2) is 18.6 Å². The van der Waals surface area contributed by atoms with Crippen molar-refractivity contribution in [1.82, 2.24) is 30.0 Å². The molecule has 9 nitrogen and oxygen atoms in total. The van der Waals surface area contributed by atoms with Crippen molar-refractivity contribution in [3.05, 3.63) is 41.1 Å². The Morgan fingerprint density at radius 3 is 2.83 bits per heavy atom. The van der Waals surface area contributed by atoms with Crippen LogP contribution in [0.25, 0.3) is 11.0 Å². The molecule has 0 aliphatic heterocycles. The van der Waals surface area contributed by atoms with E-state index in [1.807, 2.05) is 26.8 Å². The molecule has 9 heteroatoms. The van der Waals surface area contributed by atoms with Crippen LogP contribution in [0.1, 0.15) is 47.1 Å². The number of fused-ring (bicyclic) bond motifs is 1. The highest BCUT2D eigenvalue weighted by Gasteiger charge is 2.40. The first-order chi connectivity index (χ1) is 13.9. The Balaban J connectivity index is 1.68. The van der Waals surface area contributed by atoms with E-state index in [2.05, 4.69) is 25.4 Å². The van der Waals surface area contributed by atoms with Gasteiger partial charge in [-0.3, -0.25) is 14.5 Å². The number of carbonyl (C=O) groups excluding carboxylic acids is 1. The molecule has 4 rings (SSSR count). The third-order valence-electron chi connectivity index (χ3n) is 5.07. The lowest BCUT2D eigenvalue weighted by Crippen LogP contribution is -2.33. The maximum absolute atomic E-state index is 12.7. The quantitative estimate of drug-likeness (QED) is 0.622. The fourth-order valence-electron chi connectivity index (χ4n) is 3.13. The van der Waals surface area contributed by atoms with Gasteiger partial charge in [-0.2, -0.15) is 5.10 Å². The number of hydrogen-bond acceptors (Lipinski definition) is 7. The minimum absolute atomic E-state index is 0.217. The summed E-state index contributed by atoms with van der Waals surface area (Å²) in [5, 5.41) is 17.3. The summed E-state index contributed by atoms with van der Waals surface area (Å²) >= 11 is 0. The van der Waals surface area contributed by atoms with E-state index in [-0.39, 0.29) is 18.1 Å². The van der Waals surface area contributed by atoms with Crippen LogP contribution in [0.5, 0.6) is 5.88 Å². The van der Waals surface area contributed by atoms with Crippen LogP contribution in [-0.4, -0.2) is 54.5 Å². The zero-order valence-electron chi connectivity index (χ0n) is 16.8. The monoisotopic (exact) mass is 396 g/mol. The molecule has 152 valence electrons. The summed E-state index contributed by atoms with van der Waals surface area (Å²) in [5.41, 5.74) is 3.29. The van der Waals surface area contributed by atoms with Crippen LogP contribution in [0.3, 0.4) is 0 Å². The van der Waals surface area contributed by atoms with Gasteiger partial charge >= 0.3 is 0 Å². The second-order valence-corrected chi connectivity index (χ2v) is 7.48. The number of hydrogen-bond donors (Lipinski definition) is 2. The highest BCUT2D eigenvalue weighted by atomic mass is 16.5. The number of nitrogens with zero attached hydrogens (tertiary/aromatic N) is 5. The smallest absolute Gasteiger partial charge is 0.274 e. The second kappa shape index (κ2) is 7.40. The van der Waals surface area contributed by atoms with Gasteiger partial charge in [0.05, 0.1) is 30.0 Å². The molecule has 2 N–H and O–H groups in total. The van der Waals surface area contributed by atoms with Crippen molar-refractivity contribution < 1.29 is 14.6 Å². The number of rotatable bonds is 7. The minimum atomic E-state index is -0.772. The van der Waals surface area contributed by atoms with E-state index in [1.54, 1.807) is 10.9 Å². The first kappa shape index (κ1) is 19.3. The van der Waals surface area contributed by atoms with E-state index in [1.165, 1.54) is 6.33 Å². The normalized spacial score (nSPS) is 14.8. The van der Waals surface area contributed by atoms with Gasteiger partial charge in [-0.15, -0.1) is 0 Å². The van der Waals surface area contributed by atoms with Gasteiger partial charge in [0.25, 0.3) is 5.91 Å². The van der Waals surface area contributed by atoms with E-state index in [0.717, 1.165) is 22.3 Å². The molecule has 0 aromatic carbocycles. The first-order valence-corrected chi connectivity index (χ1v) is 9.67. The van der Waals surface area contributed by atoms with Crippen LogP contribution in [0.4, 0.5) is 0 Å². The Morgan fingerprint density at radius 1 is 1.31 bits per heavy atom. The van der Waals surface area contributed by atoms with Gasteiger partial charge in [0.1, 0.15) is 11.8 Å². The molecule has 3 heterocycles. The lowest BCUT2D eigenvalue weighted by molar-refractivity contribution is 0.0892. The zero-order chi connectivity index (χ0) is 20.6. The summed E-state index contributed by atoms with van der Waals surface area (Å²) in [6.45, 7) is 6.83. The third-order valence-corrected chi connectivity index (χ3v) is 5.07. The number of amides is 1. The fraction of sp³-hybridized carbons (Fsp3) is 0.450. The number of aliphatic hydroxyl groups is 1. The van der Waals surface area contributed by atoms with Crippen molar-refractivity contribution in [3.8, 4) is 5.88 Å². The Kier molecular flexibility index (Phi) is 4.91. The van der Waals surface area contributed by atoms with Crippen molar-refractivity contribution >= 4 is 16.9 Å². The molecule has 0 spiro atoms. The lowest BCUT2D eigenvalue weighted by atomic mass is 10.2. The molecule has 1 aliphatic carbocycles. The Labute approximate surface area is 168 Å². The highest BCUT2D eigenvalue weighted by Crippen LogP contribution is 2.34. The molecule has 3 aromatic rings. The average Bonchev–Trinajstić information content (AvgIpc) is 3.34. The van der Waals surface area contributed by atoms with Crippen LogP contribution >= 0.6 is 0 Å². The van der Waals surface area contributed by atoms with Crippen LogP contribution < -0.4 is 10.1 Å². The number of aryl methyl sites for hydroxylation is 1. The van der Waals surface area contributed by atoms with E-state index in [4.69, 9.17) is 4.74 Å². The van der Waals surface area contributed by atoms with Gasteiger partial charge in [0.2, 0.25) is 5.88 Å². The predicted octanol–water partition coefficient (Wildman–Crippen LogP) is 1.54. The molecular formula is C20H24N6O3. The molecule has 1 amide bonds. The fourth-order valence-corrected chi connectivity index (χ4v) is 3.13. The summed E-state index contributed by atoms with van der Waals surface area (Å²) in [7, 11) is 0.